The van der Waals surface area contributed by atoms with Crippen molar-refractivity contribution in [3.05, 3.63) is 52.1 Å². The summed E-state index contributed by atoms with van der Waals surface area (Å²) in [6.45, 7) is 13.3. The number of piperazine rings is 1. The molecule has 7 heterocycles. The molecule has 4 fully saturated rings. The molecule has 5 aliphatic rings. The number of piperidine rings is 1. The van der Waals surface area contributed by atoms with Gasteiger partial charge in [0, 0.05) is 91.0 Å². The molecule has 4 aromatic rings. The number of alkyl halides is 1. The molecule has 13 nitrogen and oxygen atoms in total. The predicted molar refractivity (Wildman–Crippen MR) is 238 cm³/mol. The zero-order valence-corrected chi connectivity index (χ0v) is 37.6. The maximum absolute atomic E-state index is 14.2. The van der Waals surface area contributed by atoms with Gasteiger partial charge in [0.05, 0.1) is 53.4 Å². The highest BCUT2D eigenvalue weighted by atomic mass is 32.1. The number of pyridine rings is 1. The van der Waals surface area contributed by atoms with Crippen LogP contribution in [0.1, 0.15) is 88.6 Å². The lowest BCUT2D eigenvalue weighted by Crippen LogP contribution is -2.60. The lowest BCUT2D eigenvalue weighted by molar-refractivity contribution is -0.155. The van der Waals surface area contributed by atoms with Crippen molar-refractivity contribution in [3.63, 3.8) is 0 Å². The summed E-state index contributed by atoms with van der Waals surface area (Å²) in [5.74, 6) is -1.88. The fourth-order valence-electron chi connectivity index (χ4n) is 10.2. The minimum absolute atomic E-state index is 0.159. The summed E-state index contributed by atoms with van der Waals surface area (Å²) in [6, 6.07) is 7.71. The number of halogens is 1. The van der Waals surface area contributed by atoms with E-state index in [4.69, 9.17) is 19.4 Å². The van der Waals surface area contributed by atoms with Crippen molar-refractivity contribution >= 4 is 45.7 Å². The molecule has 1 aromatic carbocycles. The molecule has 0 unspecified atom stereocenters. The van der Waals surface area contributed by atoms with Crippen LogP contribution in [0.4, 0.5) is 10.1 Å². The van der Waals surface area contributed by atoms with E-state index in [1.54, 1.807) is 7.11 Å². The van der Waals surface area contributed by atoms with Crippen LogP contribution in [-0.4, -0.2) is 113 Å². The molecule has 4 aliphatic heterocycles. The number of nitrogens with one attached hydrogen (secondary N) is 2. The van der Waals surface area contributed by atoms with E-state index in [1.165, 1.54) is 42.2 Å². The van der Waals surface area contributed by atoms with E-state index in [9.17, 15) is 18.8 Å². The minimum atomic E-state index is -0.947. The number of cyclic esters (lactones) is 1. The van der Waals surface area contributed by atoms with Crippen LogP contribution >= 0.6 is 11.3 Å². The average Bonchev–Trinajstić information content (AvgIpc) is 3.85. The number of carbonyl (C=O) groups is 3. The number of hydrogen-bond acceptors (Lipinski definition) is 11. The van der Waals surface area contributed by atoms with Gasteiger partial charge in [-0.1, -0.05) is 26.3 Å². The molecule has 9 rings (SSSR count). The largest absolute Gasteiger partial charge is 0.464 e. The minimum Gasteiger partial charge on any atom is -0.464 e. The zero-order valence-electron chi connectivity index (χ0n) is 36.8. The number of aromatic nitrogens is 3. The number of thiazole rings is 1. The van der Waals surface area contributed by atoms with Gasteiger partial charge in [0.15, 0.2) is 0 Å². The second-order valence-corrected chi connectivity index (χ2v) is 19.8. The van der Waals surface area contributed by atoms with Crippen LogP contribution in [0.25, 0.3) is 33.4 Å². The Hall–Kier alpha value is -4.44. The fourth-order valence-corrected chi connectivity index (χ4v) is 11.0. The highest BCUT2D eigenvalue weighted by Crippen LogP contribution is 2.44. The fraction of sp³-hybridized carbons (Fsp3) is 0.596. The van der Waals surface area contributed by atoms with Gasteiger partial charge >= 0.3 is 5.97 Å². The molecule has 6 atom stereocenters. The summed E-state index contributed by atoms with van der Waals surface area (Å²) in [5, 5.41) is 8.16. The Kier molecular flexibility index (Phi) is 12.2. The van der Waals surface area contributed by atoms with Crippen molar-refractivity contribution in [1.82, 2.24) is 35.2 Å². The molecule has 3 saturated heterocycles. The summed E-state index contributed by atoms with van der Waals surface area (Å²) in [4.78, 5) is 56.7. The van der Waals surface area contributed by atoms with Gasteiger partial charge in [-0.2, -0.15) is 0 Å². The molecule has 2 amide bonds. The number of carbonyl (C=O) groups excluding carboxylic acids is 3. The summed E-state index contributed by atoms with van der Waals surface area (Å²) < 4.78 is 28.0. The quantitative estimate of drug-likeness (QED) is 0.190. The molecule has 15 heteroatoms. The molecule has 0 spiro atoms. The smallest absolute Gasteiger partial charge is 0.324 e. The summed E-state index contributed by atoms with van der Waals surface area (Å²) in [6.07, 6.45) is 7.85. The van der Waals surface area contributed by atoms with Crippen LogP contribution in [0.5, 0.6) is 0 Å². The maximum atomic E-state index is 14.2. The number of amides is 2. The van der Waals surface area contributed by atoms with Crippen molar-refractivity contribution in [3.8, 4) is 22.5 Å². The summed E-state index contributed by atoms with van der Waals surface area (Å²) in [7, 11) is 1.73. The van der Waals surface area contributed by atoms with Crippen molar-refractivity contribution in [2.24, 2.45) is 17.3 Å². The molecule has 3 aromatic heterocycles. The van der Waals surface area contributed by atoms with Gasteiger partial charge < -0.3 is 24.3 Å². The number of aryl methyl sites for hydroxylation is 1. The maximum Gasteiger partial charge on any atom is 0.324 e. The number of anilines is 1. The third-order valence-corrected chi connectivity index (χ3v) is 14.8. The van der Waals surface area contributed by atoms with Crippen molar-refractivity contribution < 1.29 is 28.2 Å². The molecule has 62 heavy (non-hydrogen) atoms. The van der Waals surface area contributed by atoms with Gasteiger partial charge in [-0.3, -0.25) is 33.7 Å². The number of esters is 1. The topological polar surface area (TPSA) is 134 Å². The number of hydrazine groups is 1. The normalized spacial score (nSPS) is 26.1. The second kappa shape index (κ2) is 17.6. The van der Waals surface area contributed by atoms with Crippen molar-refractivity contribution in [1.29, 1.82) is 0 Å². The highest BCUT2D eigenvalue weighted by molar-refractivity contribution is 7.10. The number of methoxy groups -OCH3 is 1. The van der Waals surface area contributed by atoms with Crippen LogP contribution < -0.4 is 15.6 Å². The standard InChI is InChI=1S/C47H61FN8O5S/c1-6-55-40-13-12-29-18-34(40)36(43(55)35-20-32(24-49-42(35)28(2)60-5)54-17-16-53-14-8-7-10-31(53)25-54)22-47(3,4)27-61-46(59)37-11-9-15-56(52-37)45(58)38(21-41-50-39(29)26-62-41)51-44(57)33-19-30(33)23-48/h12-13,18,20,24,26,28,30-31,33,37-38,52H,6-11,14-17,19,21-23,25,27H2,1-5H3,(H,51,57)/t28-,30-,31+,33+,37-,38-/m0/s1. The van der Waals surface area contributed by atoms with Crippen molar-refractivity contribution in [2.45, 2.75) is 110 Å². The van der Waals surface area contributed by atoms with Gasteiger partial charge in [-0.25, -0.2) is 10.4 Å². The molecule has 2 N–H and O–H groups in total. The Balaban J connectivity index is 1.15. The van der Waals surface area contributed by atoms with Crippen LogP contribution in [-0.2, 0) is 43.2 Å². The first-order valence-corrected chi connectivity index (χ1v) is 23.6. The monoisotopic (exact) mass is 868 g/mol. The SMILES string of the molecule is CCn1c(-c2cc(N3CCN4CCCC[C@@H]4C3)cnc2[C@H](C)OC)c2c3cc(ccc31)-c1csc(n1)C[C@H](NC(=O)[C@@H]1C[C@H]1CF)C(=O)N1CCC[C@H](N1)C(=O)OCC(C)(C)C2. The van der Waals surface area contributed by atoms with E-state index in [0.29, 0.717) is 49.8 Å². The summed E-state index contributed by atoms with van der Waals surface area (Å²) >= 11 is 1.44. The third-order valence-electron chi connectivity index (χ3n) is 13.9. The van der Waals surface area contributed by atoms with E-state index in [1.807, 2.05) is 11.6 Å². The van der Waals surface area contributed by atoms with Crippen LogP contribution in [0.15, 0.2) is 35.8 Å². The number of fused-ring (bicyclic) bond motifs is 7. The molecule has 6 bridgehead atoms. The van der Waals surface area contributed by atoms with E-state index >= 15 is 0 Å². The lowest BCUT2D eigenvalue weighted by Gasteiger charge is -2.45. The Labute approximate surface area is 367 Å². The molecular formula is C47H61FN8O5S. The predicted octanol–water partition coefficient (Wildman–Crippen LogP) is 6.48. The van der Waals surface area contributed by atoms with E-state index in [2.05, 4.69) is 77.1 Å². The van der Waals surface area contributed by atoms with Crippen LogP contribution in [0.3, 0.4) is 0 Å². The lowest BCUT2D eigenvalue weighted by atomic mass is 9.84. The Bertz CT molecular complexity index is 2330. The number of hydrogen-bond donors (Lipinski definition) is 2. The number of rotatable bonds is 8. The van der Waals surface area contributed by atoms with Gasteiger partial charge in [0.1, 0.15) is 12.1 Å². The first-order chi connectivity index (χ1) is 29.9. The molecular weight excluding hydrogens is 808 g/mol. The molecule has 0 radical (unpaired) electrons. The Morgan fingerprint density at radius 1 is 1.13 bits per heavy atom. The van der Waals surface area contributed by atoms with Gasteiger partial charge in [-0.05, 0) is 88.6 Å². The molecule has 1 saturated carbocycles. The average molecular weight is 869 g/mol. The van der Waals surface area contributed by atoms with Crippen molar-refractivity contribution in [2.75, 3.05) is 58.0 Å². The zero-order chi connectivity index (χ0) is 43.3. The van der Waals surface area contributed by atoms with Gasteiger partial charge in [-0.15, -0.1) is 11.3 Å². The van der Waals surface area contributed by atoms with E-state index in [0.717, 1.165) is 70.0 Å². The van der Waals surface area contributed by atoms with Gasteiger partial charge in [0.2, 0.25) is 5.91 Å². The Morgan fingerprint density at radius 2 is 1.98 bits per heavy atom. The van der Waals surface area contributed by atoms with E-state index in [-0.39, 0.29) is 36.9 Å². The van der Waals surface area contributed by atoms with E-state index < -0.39 is 36.1 Å². The first kappa shape index (κ1) is 42.8. The number of benzene rings is 1. The Morgan fingerprint density at radius 3 is 2.77 bits per heavy atom. The molecule has 1 aliphatic carbocycles. The number of ether oxygens (including phenoxy) is 2. The van der Waals surface area contributed by atoms with Crippen LogP contribution in [0, 0.1) is 17.3 Å². The highest BCUT2D eigenvalue weighted by Gasteiger charge is 2.45. The van der Waals surface area contributed by atoms with Crippen LogP contribution in [0.2, 0.25) is 0 Å². The van der Waals surface area contributed by atoms with Gasteiger partial charge in [0.25, 0.3) is 5.91 Å². The third kappa shape index (κ3) is 8.49. The second-order valence-electron chi connectivity index (χ2n) is 18.9. The molecule has 332 valence electrons. The summed E-state index contributed by atoms with van der Waals surface area (Å²) in [5.41, 5.74) is 10.7. The first-order valence-electron chi connectivity index (χ1n) is 22.7. The number of nitrogens with zero attached hydrogens (tertiary/aromatic N) is 6.